The van der Waals surface area contributed by atoms with Gasteiger partial charge in [0.05, 0.1) is 12.7 Å². The van der Waals surface area contributed by atoms with Crippen molar-refractivity contribution in [2.45, 2.75) is 0 Å². The maximum Gasteiger partial charge on any atom is 0.230 e. The molecule has 7 heteroatoms. The summed E-state index contributed by atoms with van der Waals surface area (Å²) < 4.78 is 5.17. The van der Waals surface area contributed by atoms with Gasteiger partial charge in [-0.05, 0) is 23.8 Å². The fourth-order valence-electron chi connectivity index (χ4n) is 1.75. The molecule has 0 amide bonds. The Kier molecular flexibility index (Phi) is 4.53. The van der Waals surface area contributed by atoms with Crippen LogP contribution in [0.15, 0.2) is 24.3 Å². The Morgan fingerprint density at radius 2 is 2.09 bits per heavy atom. The van der Waals surface area contributed by atoms with Gasteiger partial charge in [-0.3, -0.25) is 0 Å². The van der Waals surface area contributed by atoms with E-state index in [4.69, 9.17) is 10.5 Å². The molecule has 0 saturated carbocycles. The number of anilines is 2. The molecule has 0 atom stereocenters. The summed E-state index contributed by atoms with van der Waals surface area (Å²) in [5.41, 5.74) is 6.79. The molecule has 0 fully saturated rings. The molecule has 0 saturated heterocycles. The van der Waals surface area contributed by atoms with E-state index in [2.05, 4.69) is 21.0 Å². The van der Waals surface area contributed by atoms with Gasteiger partial charge >= 0.3 is 0 Å². The van der Waals surface area contributed by atoms with E-state index in [9.17, 15) is 5.26 Å². The molecule has 2 rings (SSSR count). The van der Waals surface area contributed by atoms with E-state index in [1.165, 1.54) is 0 Å². The molecular formula is C15H16N6O. The number of hydrogen-bond acceptors (Lipinski definition) is 7. The van der Waals surface area contributed by atoms with Crippen LogP contribution in [0.1, 0.15) is 11.4 Å². The Balaban J connectivity index is 2.48. The Bertz CT molecular complexity index is 748. The summed E-state index contributed by atoms with van der Waals surface area (Å²) in [6, 6.07) is 9.43. The molecule has 2 aromatic rings. The summed E-state index contributed by atoms with van der Waals surface area (Å²) in [6.45, 7) is 0. The van der Waals surface area contributed by atoms with E-state index in [0.717, 1.165) is 5.56 Å². The average Bonchev–Trinajstić information content (AvgIpc) is 2.52. The highest BCUT2D eigenvalue weighted by molar-refractivity contribution is 5.87. The lowest BCUT2D eigenvalue weighted by molar-refractivity contribution is 0.414. The summed E-state index contributed by atoms with van der Waals surface area (Å²) in [7, 11) is 5.16. The van der Waals surface area contributed by atoms with Crippen LogP contribution in [0.3, 0.4) is 0 Å². The predicted octanol–water partition coefficient (Wildman–Crippen LogP) is 1.59. The lowest BCUT2D eigenvalue weighted by Crippen LogP contribution is -2.15. The van der Waals surface area contributed by atoms with Crippen molar-refractivity contribution >= 4 is 23.5 Å². The van der Waals surface area contributed by atoms with Gasteiger partial charge in [0, 0.05) is 14.1 Å². The number of nitrogen functional groups attached to an aromatic ring is 1. The fraction of sp³-hybridized carbons (Fsp3) is 0.200. The van der Waals surface area contributed by atoms with Crippen molar-refractivity contribution < 1.29 is 4.74 Å². The van der Waals surface area contributed by atoms with E-state index in [1.807, 2.05) is 24.3 Å². The normalized spacial score (nSPS) is 10.9. The Morgan fingerprint density at radius 3 is 2.73 bits per heavy atom. The number of nitrogens with zero attached hydrogens (tertiary/aromatic N) is 5. The Labute approximate surface area is 128 Å². The van der Waals surface area contributed by atoms with Gasteiger partial charge in [-0.25, -0.2) is 0 Å². The molecule has 1 aromatic carbocycles. The number of aromatic nitrogens is 3. The summed E-state index contributed by atoms with van der Waals surface area (Å²) in [5, 5.41) is 9.38. The van der Waals surface area contributed by atoms with Gasteiger partial charge in [0.1, 0.15) is 11.8 Å². The lowest BCUT2D eigenvalue weighted by Gasteiger charge is -2.11. The van der Waals surface area contributed by atoms with Crippen LogP contribution in [0.4, 0.5) is 11.9 Å². The minimum absolute atomic E-state index is 0.0699. The minimum Gasteiger partial charge on any atom is -0.497 e. The zero-order chi connectivity index (χ0) is 16.1. The van der Waals surface area contributed by atoms with Gasteiger partial charge in [-0.15, -0.1) is 0 Å². The first-order valence-corrected chi connectivity index (χ1v) is 6.48. The van der Waals surface area contributed by atoms with Crippen LogP contribution in [0.25, 0.3) is 11.6 Å². The molecule has 0 aliphatic heterocycles. The molecule has 1 aromatic heterocycles. The predicted molar refractivity (Wildman–Crippen MR) is 85.0 cm³/mol. The van der Waals surface area contributed by atoms with Crippen LogP contribution >= 0.6 is 0 Å². The maximum atomic E-state index is 9.38. The van der Waals surface area contributed by atoms with Crippen molar-refractivity contribution in [3.63, 3.8) is 0 Å². The van der Waals surface area contributed by atoms with Crippen LogP contribution in [-0.2, 0) is 0 Å². The van der Waals surface area contributed by atoms with Gasteiger partial charge in [-0.1, -0.05) is 12.1 Å². The third-order valence-corrected chi connectivity index (χ3v) is 2.81. The highest BCUT2D eigenvalue weighted by Crippen LogP contribution is 2.19. The number of benzene rings is 1. The number of rotatable bonds is 4. The number of methoxy groups -OCH3 is 1. The molecular weight excluding hydrogens is 280 g/mol. The smallest absolute Gasteiger partial charge is 0.230 e. The molecule has 7 nitrogen and oxygen atoms in total. The summed E-state index contributed by atoms with van der Waals surface area (Å²) >= 11 is 0. The van der Waals surface area contributed by atoms with Crippen molar-refractivity contribution in [3.05, 3.63) is 35.7 Å². The van der Waals surface area contributed by atoms with Gasteiger partial charge in [0.25, 0.3) is 0 Å². The second kappa shape index (κ2) is 6.54. The first-order chi connectivity index (χ1) is 10.5. The second-order valence-electron chi connectivity index (χ2n) is 4.66. The van der Waals surface area contributed by atoms with Crippen LogP contribution in [0.2, 0.25) is 0 Å². The SMILES string of the molecule is COc1cccc(C=C(C#N)c2nc(N)nc(N(C)C)n2)c1. The highest BCUT2D eigenvalue weighted by atomic mass is 16.5. The molecule has 0 bridgehead atoms. The van der Waals surface area contributed by atoms with E-state index >= 15 is 0 Å². The Morgan fingerprint density at radius 1 is 1.32 bits per heavy atom. The molecule has 112 valence electrons. The average molecular weight is 296 g/mol. The van der Waals surface area contributed by atoms with Crippen molar-refractivity contribution in [2.24, 2.45) is 0 Å². The zero-order valence-corrected chi connectivity index (χ0v) is 12.6. The van der Waals surface area contributed by atoms with Crippen LogP contribution in [-0.4, -0.2) is 36.2 Å². The Hall–Kier alpha value is -3.14. The fourth-order valence-corrected chi connectivity index (χ4v) is 1.75. The highest BCUT2D eigenvalue weighted by Gasteiger charge is 2.10. The summed E-state index contributed by atoms with van der Waals surface area (Å²) in [6.07, 6.45) is 1.68. The third kappa shape index (κ3) is 3.49. The molecule has 0 radical (unpaired) electrons. The van der Waals surface area contributed by atoms with E-state index in [1.54, 1.807) is 32.2 Å². The molecule has 0 unspecified atom stereocenters. The molecule has 0 spiro atoms. The first kappa shape index (κ1) is 15.3. The molecule has 2 N–H and O–H groups in total. The number of nitriles is 1. The largest absolute Gasteiger partial charge is 0.497 e. The molecule has 0 aliphatic carbocycles. The zero-order valence-electron chi connectivity index (χ0n) is 12.6. The van der Waals surface area contributed by atoms with Gasteiger partial charge in [-0.2, -0.15) is 20.2 Å². The number of nitrogens with two attached hydrogens (primary N) is 1. The number of allylic oxidation sites excluding steroid dienone is 1. The first-order valence-electron chi connectivity index (χ1n) is 6.48. The quantitative estimate of drug-likeness (QED) is 0.855. The number of ether oxygens (including phenoxy) is 1. The minimum atomic E-state index is 0.0699. The van der Waals surface area contributed by atoms with Gasteiger partial charge in [0.15, 0.2) is 5.82 Å². The van der Waals surface area contributed by atoms with Crippen molar-refractivity contribution in [1.29, 1.82) is 5.26 Å². The second-order valence-corrected chi connectivity index (χ2v) is 4.66. The van der Waals surface area contributed by atoms with Crippen molar-refractivity contribution in [1.82, 2.24) is 15.0 Å². The standard InChI is InChI=1S/C15H16N6O/c1-21(2)15-19-13(18-14(17)20-15)11(9-16)7-10-5-4-6-12(8-10)22-3/h4-8H,1-3H3,(H2,17,18,19,20). The maximum absolute atomic E-state index is 9.38. The van der Waals surface area contributed by atoms with E-state index in [-0.39, 0.29) is 11.8 Å². The monoisotopic (exact) mass is 296 g/mol. The van der Waals surface area contributed by atoms with Crippen molar-refractivity contribution in [2.75, 3.05) is 31.8 Å². The molecule has 1 heterocycles. The lowest BCUT2D eigenvalue weighted by atomic mass is 10.1. The topological polar surface area (TPSA) is 101 Å². The third-order valence-electron chi connectivity index (χ3n) is 2.81. The molecule has 22 heavy (non-hydrogen) atoms. The van der Waals surface area contributed by atoms with Crippen LogP contribution in [0, 0.1) is 11.3 Å². The van der Waals surface area contributed by atoms with Crippen molar-refractivity contribution in [3.8, 4) is 11.8 Å². The van der Waals surface area contributed by atoms with Gasteiger partial charge in [0.2, 0.25) is 11.9 Å². The van der Waals surface area contributed by atoms with E-state index in [0.29, 0.717) is 17.3 Å². The number of hydrogen-bond donors (Lipinski definition) is 1. The molecule has 0 aliphatic rings. The van der Waals surface area contributed by atoms with Gasteiger partial charge < -0.3 is 15.4 Å². The summed E-state index contributed by atoms with van der Waals surface area (Å²) in [5.74, 6) is 1.41. The van der Waals surface area contributed by atoms with Crippen LogP contribution < -0.4 is 15.4 Å². The summed E-state index contributed by atoms with van der Waals surface area (Å²) in [4.78, 5) is 14.0. The van der Waals surface area contributed by atoms with Crippen LogP contribution in [0.5, 0.6) is 5.75 Å². The van der Waals surface area contributed by atoms with E-state index < -0.39 is 0 Å².